The maximum atomic E-state index is 12.2. The zero-order chi connectivity index (χ0) is 16.9. The molecule has 0 aliphatic carbocycles. The summed E-state index contributed by atoms with van der Waals surface area (Å²) in [6.07, 6.45) is 4.58. The van der Waals surface area contributed by atoms with E-state index in [2.05, 4.69) is 25.6 Å². The van der Waals surface area contributed by atoms with Crippen LogP contribution in [0.1, 0.15) is 16.6 Å². The predicted octanol–water partition coefficient (Wildman–Crippen LogP) is 2.99. The third-order valence-corrected chi connectivity index (χ3v) is 4.03. The average Bonchev–Trinajstić information content (AvgIpc) is 3.05. The SMILES string of the molecule is CCNc1ncc(C(=O)Nc2cnc(-c3cccc(O)c3)nc2)s1. The number of carbonyl (C=O) groups is 1. The highest BCUT2D eigenvalue weighted by molar-refractivity contribution is 7.17. The molecule has 3 aromatic rings. The number of aromatic nitrogens is 3. The molecule has 0 bridgehead atoms. The van der Waals surface area contributed by atoms with Gasteiger partial charge in [0, 0.05) is 12.1 Å². The second kappa shape index (κ2) is 7.05. The van der Waals surface area contributed by atoms with Crippen molar-refractivity contribution in [3.63, 3.8) is 0 Å². The van der Waals surface area contributed by atoms with Crippen molar-refractivity contribution < 1.29 is 9.90 Å². The largest absolute Gasteiger partial charge is 0.508 e. The quantitative estimate of drug-likeness (QED) is 0.660. The van der Waals surface area contributed by atoms with Crippen LogP contribution in [0.2, 0.25) is 0 Å². The Morgan fingerprint density at radius 3 is 2.71 bits per heavy atom. The Hall–Kier alpha value is -3.00. The molecule has 2 aromatic heterocycles. The van der Waals surface area contributed by atoms with E-state index in [4.69, 9.17) is 0 Å². The van der Waals surface area contributed by atoms with Gasteiger partial charge in [-0.2, -0.15) is 0 Å². The van der Waals surface area contributed by atoms with Crippen LogP contribution in [0.4, 0.5) is 10.8 Å². The Bertz CT molecular complexity index is 848. The van der Waals surface area contributed by atoms with Gasteiger partial charge in [0.2, 0.25) is 0 Å². The lowest BCUT2D eigenvalue weighted by Gasteiger charge is -2.04. The van der Waals surface area contributed by atoms with Crippen molar-refractivity contribution in [2.24, 2.45) is 0 Å². The highest BCUT2D eigenvalue weighted by Crippen LogP contribution is 2.21. The molecule has 2 heterocycles. The molecule has 0 radical (unpaired) electrons. The van der Waals surface area contributed by atoms with E-state index in [1.807, 2.05) is 6.92 Å². The van der Waals surface area contributed by atoms with Gasteiger partial charge in [-0.05, 0) is 19.1 Å². The lowest BCUT2D eigenvalue weighted by atomic mass is 10.2. The van der Waals surface area contributed by atoms with Crippen LogP contribution in [0.15, 0.2) is 42.9 Å². The first-order valence-corrected chi connectivity index (χ1v) is 8.10. The van der Waals surface area contributed by atoms with Crippen LogP contribution < -0.4 is 10.6 Å². The molecule has 0 aliphatic rings. The van der Waals surface area contributed by atoms with Crippen molar-refractivity contribution in [2.75, 3.05) is 17.2 Å². The van der Waals surface area contributed by atoms with E-state index < -0.39 is 0 Å². The van der Waals surface area contributed by atoms with Gasteiger partial charge in [0.25, 0.3) is 5.91 Å². The van der Waals surface area contributed by atoms with E-state index in [1.165, 1.54) is 29.9 Å². The van der Waals surface area contributed by atoms with Gasteiger partial charge in [-0.15, -0.1) is 0 Å². The molecule has 24 heavy (non-hydrogen) atoms. The number of aromatic hydroxyl groups is 1. The number of carbonyl (C=O) groups excluding carboxylic acids is 1. The Balaban J connectivity index is 1.70. The van der Waals surface area contributed by atoms with E-state index in [9.17, 15) is 9.90 Å². The standard InChI is InChI=1S/C16H15N5O2S/c1-2-17-16-20-9-13(24-16)15(23)21-11-7-18-14(19-8-11)10-4-3-5-12(22)6-10/h3-9,22H,2H2,1H3,(H,17,20)(H,21,23). The van der Waals surface area contributed by atoms with E-state index >= 15 is 0 Å². The average molecular weight is 341 g/mol. The molecule has 0 unspecified atom stereocenters. The maximum Gasteiger partial charge on any atom is 0.267 e. The van der Waals surface area contributed by atoms with Crippen molar-refractivity contribution >= 4 is 28.1 Å². The zero-order valence-corrected chi connectivity index (χ0v) is 13.7. The zero-order valence-electron chi connectivity index (χ0n) is 12.9. The predicted molar refractivity (Wildman–Crippen MR) is 93.4 cm³/mol. The van der Waals surface area contributed by atoms with Crippen LogP contribution in [0.25, 0.3) is 11.4 Å². The first-order chi connectivity index (χ1) is 11.7. The molecule has 8 heteroatoms. The van der Waals surface area contributed by atoms with Gasteiger partial charge in [0.15, 0.2) is 11.0 Å². The number of nitrogens with one attached hydrogen (secondary N) is 2. The molecule has 0 aliphatic heterocycles. The number of hydrogen-bond donors (Lipinski definition) is 3. The Morgan fingerprint density at radius 1 is 1.21 bits per heavy atom. The summed E-state index contributed by atoms with van der Waals surface area (Å²) >= 11 is 1.28. The lowest BCUT2D eigenvalue weighted by Crippen LogP contribution is -2.10. The van der Waals surface area contributed by atoms with Gasteiger partial charge in [-0.25, -0.2) is 15.0 Å². The Morgan fingerprint density at radius 2 is 2.00 bits per heavy atom. The molecular formula is C16H15N5O2S. The van der Waals surface area contributed by atoms with E-state index in [1.54, 1.807) is 24.3 Å². The highest BCUT2D eigenvalue weighted by atomic mass is 32.1. The van der Waals surface area contributed by atoms with Crippen LogP contribution in [0.5, 0.6) is 5.75 Å². The Kier molecular flexibility index (Phi) is 4.66. The number of phenolic OH excluding ortho intramolecular Hbond substituents is 1. The van der Waals surface area contributed by atoms with Crippen LogP contribution >= 0.6 is 11.3 Å². The Labute approximate surface area is 142 Å². The molecule has 3 rings (SSSR count). The first-order valence-electron chi connectivity index (χ1n) is 7.28. The minimum atomic E-state index is -0.259. The molecule has 0 saturated carbocycles. The summed E-state index contributed by atoms with van der Waals surface area (Å²) in [5.74, 6) is 0.358. The van der Waals surface area contributed by atoms with Crippen LogP contribution in [0.3, 0.4) is 0 Å². The molecule has 0 spiro atoms. The molecule has 0 saturated heterocycles. The second-order valence-electron chi connectivity index (χ2n) is 4.86. The molecule has 1 aromatic carbocycles. The lowest BCUT2D eigenvalue weighted by molar-refractivity contribution is 0.103. The number of nitrogens with zero attached hydrogens (tertiary/aromatic N) is 3. The van der Waals surface area contributed by atoms with Crippen LogP contribution in [0, 0.1) is 0 Å². The summed E-state index contributed by atoms with van der Waals surface area (Å²) in [5, 5.41) is 16.0. The van der Waals surface area contributed by atoms with Gasteiger partial charge in [-0.1, -0.05) is 23.5 Å². The molecule has 0 fully saturated rings. The summed E-state index contributed by atoms with van der Waals surface area (Å²) in [6, 6.07) is 6.67. The van der Waals surface area contributed by atoms with Crippen molar-refractivity contribution in [1.29, 1.82) is 0 Å². The van der Waals surface area contributed by atoms with Gasteiger partial charge in [0.05, 0.1) is 24.3 Å². The van der Waals surface area contributed by atoms with E-state index in [0.29, 0.717) is 27.1 Å². The highest BCUT2D eigenvalue weighted by Gasteiger charge is 2.11. The molecule has 1 amide bonds. The van der Waals surface area contributed by atoms with Crippen molar-refractivity contribution in [3.8, 4) is 17.1 Å². The number of rotatable bonds is 5. The smallest absolute Gasteiger partial charge is 0.267 e. The number of benzene rings is 1. The number of phenols is 1. The topological polar surface area (TPSA) is 100 Å². The summed E-state index contributed by atoms with van der Waals surface area (Å²) in [7, 11) is 0. The van der Waals surface area contributed by atoms with Crippen molar-refractivity contribution in [2.45, 2.75) is 6.92 Å². The molecule has 3 N–H and O–H groups in total. The summed E-state index contributed by atoms with van der Waals surface area (Å²) < 4.78 is 0. The van der Waals surface area contributed by atoms with Gasteiger partial charge >= 0.3 is 0 Å². The fourth-order valence-electron chi connectivity index (χ4n) is 1.99. The number of amides is 1. The molecule has 7 nitrogen and oxygen atoms in total. The number of thiazole rings is 1. The van der Waals surface area contributed by atoms with Gasteiger partial charge < -0.3 is 15.7 Å². The maximum absolute atomic E-state index is 12.2. The summed E-state index contributed by atoms with van der Waals surface area (Å²) in [5.41, 5.74) is 1.19. The summed E-state index contributed by atoms with van der Waals surface area (Å²) in [4.78, 5) is 25.2. The molecule has 0 atom stereocenters. The number of hydrogen-bond acceptors (Lipinski definition) is 7. The molecular weight excluding hydrogens is 326 g/mol. The third kappa shape index (κ3) is 3.66. The minimum absolute atomic E-state index is 0.148. The van der Waals surface area contributed by atoms with E-state index in [0.717, 1.165) is 6.54 Å². The normalized spacial score (nSPS) is 10.4. The fraction of sp³-hybridized carbons (Fsp3) is 0.125. The van der Waals surface area contributed by atoms with Crippen molar-refractivity contribution in [1.82, 2.24) is 15.0 Å². The van der Waals surface area contributed by atoms with E-state index in [-0.39, 0.29) is 11.7 Å². The fourth-order valence-corrected chi connectivity index (χ4v) is 2.77. The third-order valence-electron chi connectivity index (χ3n) is 3.07. The van der Waals surface area contributed by atoms with Crippen molar-refractivity contribution in [3.05, 3.63) is 47.7 Å². The number of anilines is 2. The molecule has 122 valence electrons. The monoisotopic (exact) mass is 341 g/mol. The van der Waals surface area contributed by atoms with Crippen LogP contribution in [-0.4, -0.2) is 32.5 Å². The first kappa shape index (κ1) is 15.9. The summed E-state index contributed by atoms with van der Waals surface area (Å²) in [6.45, 7) is 2.71. The second-order valence-corrected chi connectivity index (χ2v) is 5.89. The van der Waals surface area contributed by atoms with Gasteiger partial charge in [-0.3, -0.25) is 4.79 Å². The van der Waals surface area contributed by atoms with Gasteiger partial charge in [0.1, 0.15) is 10.6 Å². The minimum Gasteiger partial charge on any atom is -0.508 e. The van der Waals surface area contributed by atoms with Crippen LogP contribution in [-0.2, 0) is 0 Å².